The van der Waals surface area contributed by atoms with E-state index in [4.69, 9.17) is 0 Å². The maximum atomic E-state index is 11.9. The van der Waals surface area contributed by atoms with Gasteiger partial charge in [0.25, 0.3) is 0 Å². The number of rotatable bonds is 0. The summed E-state index contributed by atoms with van der Waals surface area (Å²) in [6.07, 6.45) is 6.96. The Balaban J connectivity index is 2.23. The second-order valence-electron chi connectivity index (χ2n) is 4.22. The Kier molecular flexibility index (Phi) is 1.46. The van der Waals surface area contributed by atoms with Crippen LogP contribution in [0.1, 0.15) is 30.4 Å². The van der Waals surface area contributed by atoms with Crippen molar-refractivity contribution in [3.8, 4) is 0 Å². The summed E-state index contributed by atoms with van der Waals surface area (Å²) in [5.74, 6) is 0.308. The van der Waals surface area contributed by atoms with E-state index in [-0.39, 0.29) is 5.41 Å². The molecule has 2 aliphatic carbocycles. The van der Waals surface area contributed by atoms with Crippen molar-refractivity contribution in [3.05, 3.63) is 41.5 Å². The zero-order valence-electron chi connectivity index (χ0n) is 7.99. The van der Waals surface area contributed by atoms with Crippen LogP contribution in [0.15, 0.2) is 30.3 Å². The van der Waals surface area contributed by atoms with Gasteiger partial charge in [-0.05, 0) is 30.0 Å². The fourth-order valence-corrected chi connectivity index (χ4v) is 2.58. The van der Waals surface area contributed by atoms with Crippen LogP contribution in [-0.2, 0) is 10.2 Å². The number of carbonyl (C=O) groups is 1. The first-order valence-corrected chi connectivity index (χ1v) is 5.15. The molecule has 0 unspecified atom stereocenters. The van der Waals surface area contributed by atoms with Crippen LogP contribution >= 0.6 is 0 Å². The van der Waals surface area contributed by atoms with Crippen molar-refractivity contribution < 1.29 is 4.79 Å². The second-order valence-corrected chi connectivity index (χ2v) is 4.22. The molecule has 0 saturated heterocycles. The summed E-state index contributed by atoms with van der Waals surface area (Å²) in [5.41, 5.74) is 2.34. The van der Waals surface area contributed by atoms with E-state index in [1.807, 2.05) is 18.2 Å². The van der Waals surface area contributed by atoms with Gasteiger partial charge in [0.05, 0.1) is 5.41 Å². The van der Waals surface area contributed by atoms with E-state index < -0.39 is 0 Å². The molecule has 1 aromatic carbocycles. The lowest BCUT2D eigenvalue weighted by molar-refractivity contribution is -0.122. The summed E-state index contributed by atoms with van der Waals surface area (Å²) in [4.78, 5) is 11.9. The summed E-state index contributed by atoms with van der Waals surface area (Å²) >= 11 is 0. The molecule has 1 spiro atoms. The number of benzene rings is 1. The predicted octanol–water partition coefficient (Wildman–Crippen LogP) is 2.70. The highest BCUT2D eigenvalue weighted by molar-refractivity contribution is 6.05. The van der Waals surface area contributed by atoms with Gasteiger partial charge >= 0.3 is 0 Å². The van der Waals surface area contributed by atoms with Crippen LogP contribution in [0.5, 0.6) is 0 Å². The zero-order chi connectivity index (χ0) is 9.60. The Morgan fingerprint density at radius 1 is 1.07 bits per heavy atom. The average Bonchev–Trinajstić information content (AvgIpc) is 2.15. The maximum Gasteiger partial charge on any atom is 0.166 e. The van der Waals surface area contributed by atoms with Crippen LogP contribution in [0.3, 0.4) is 0 Å². The minimum Gasteiger partial charge on any atom is -0.294 e. The summed E-state index contributed by atoms with van der Waals surface area (Å²) < 4.78 is 0. The third-order valence-electron chi connectivity index (χ3n) is 3.57. The number of allylic oxidation sites excluding steroid dienone is 1. The van der Waals surface area contributed by atoms with Crippen LogP contribution in [-0.4, -0.2) is 5.78 Å². The highest BCUT2D eigenvalue weighted by Crippen LogP contribution is 2.48. The molecular weight excluding hydrogens is 172 g/mol. The highest BCUT2D eigenvalue weighted by Gasteiger charge is 2.46. The minimum absolute atomic E-state index is 0.134. The molecule has 0 atom stereocenters. The lowest BCUT2D eigenvalue weighted by atomic mass is 9.59. The van der Waals surface area contributed by atoms with Crippen molar-refractivity contribution in [3.63, 3.8) is 0 Å². The topological polar surface area (TPSA) is 17.1 Å². The highest BCUT2D eigenvalue weighted by atomic mass is 16.1. The number of hydrogen-bond acceptors (Lipinski definition) is 1. The lowest BCUT2D eigenvalue weighted by Crippen LogP contribution is -2.43. The number of fused-ring (bicyclic) bond motifs is 2. The Hall–Kier alpha value is -1.37. The Bertz CT molecular complexity index is 425. The normalized spacial score (nSPS) is 21.9. The molecule has 1 aromatic rings. The lowest BCUT2D eigenvalue weighted by Gasteiger charge is -2.42. The molecule has 2 aliphatic rings. The van der Waals surface area contributed by atoms with Crippen molar-refractivity contribution in [2.45, 2.75) is 24.7 Å². The van der Waals surface area contributed by atoms with Crippen LogP contribution in [0.4, 0.5) is 0 Å². The van der Waals surface area contributed by atoms with Gasteiger partial charge in [0.2, 0.25) is 0 Å². The standard InChI is InChI=1S/C13H12O/c14-12-7-6-10-4-1-2-5-11(10)13(12)8-3-9-13/h1-2,4-7H,3,8-9H2. The summed E-state index contributed by atoms with van der Waals surface area (Å²) in [7, 11) is 0. The monoisotopic (exact) mass is 184 g/mol. The zero-order valence-corrected chi connectivity index (χ0v) is 7.99. The molecule has 1 fully saturated rings. The second kappa shape index (κ2) is 2.57. The van der Waals surface area contributed by atoms with Gasteiger partial charge in [-0.3, -0.25) is 4.79 Å². The van der Waals surface area contributed by atoms with Gasteiger partial charge in [-0.1, -0.05) is 36.8 Å². The van der Waals surface area contributed by atoms with Crippen LogP contribution < -0.4 is 0 Å². The molecule has 0 heterocycles. The molecule has 1 heteroatoms. The molecule has 70 valence electrons. The van der Waals surface area contributed by atoms with Gasteiger partial charge in [-0.15, -0.1) is 0 Å². The van der Waals surface area contributed by atoms with Crippen LogP contribution in [0.2, 0.25) is 0 Å². The van der Waals surface area contributed by atoms with Crippen molar-refractivity contribution in [2.75, 3.05) is 0 Å². The summed E-state index contributed by atoms with van der Waals surface area (Å²) in [5, 5.41) is 0. The summed E-state index contributed by atoms with van der Waals surface area (Å²) in [6.45, 7) is 0. The minimum atomic E-state index is -0.134. The first-order chi connectivity index (χ1) is 6.83. The van der Waals surface area contributed by atoms with Crippen molar-refractivity contribution in [2.24, 2.45) is 0 Å². The van der Waals surface area contributed by atoms with E-state index in [0.717, 1.165) is 12.8 Å². The third kappa shape index (κ3) is 0.822. The molecule has 1 nitrogen and oxygen atoms in total. The molecule has 3 rings (SSSR count). The molecule has 0 amide bonds. The quantitative estimate of drug-likeness (QED) is 0.606. The van der Waals surface area contributed by atoms with E-state index in [0.29, 0.717) is 5.78 Å². The summed E-state index contributed by atoms with van der Waals surface area (Å²) in [6, 6.07) is 8.27. The van der Waals surface area contributed by atoms with E-state index in [2.05, 4.69) is 12.1 Å². The fraction of sp³-hybridized carbons (Fsp3) is 0.308. The van der Waals surface area contributed by atoms with Crippen LogP contribution in [0, 0.1) is 0 Å². The average molecular weight is 184 g/mol. The Morgan fingerprint density at radius 3 is 2.57 bits per heavy atom. The first-order valence-electron chi connectivity index (χ1n) is 5.15. The smallest absolute Gasteiger partial charge is 0.166 e. The van der Waals surface area contributed by atoms with E-state index >= 15 is 0 Å². The predicted molar refractivity (Wildman–Crippen MR) is 56.0 cm³/mol. The SMILES string of the molecule is O=C1C=Cc2ccccc2C12CCC2. The molecular formula is C13H12O. The van der Waals surface area contributed by atoms with E-state index in [9.17, 15) is 4.79 Å². The number of hydrogen-bond donors (Lipinski definition) is 0. The van der Waals surface area contributed by atoms with E-state index in [1.165, 1.54) is 17.5 Å². The van der Waals surface area contributed by atoms with Crippen molar-refractivity contribution in [1.29, 1.82) is 0 Å². The first kappa shape index (κ1) is 7.98. The van der Waals surface area contributed by atoms with E-state index in [1.54, 1.807) is 6.08 Å². The molecule has 1 saturated carbocycles. The van der Waals surface area contributed by atoms with Gasteiger partial charge < -0.3 is 0 Å². The maximum absolute atomic E-state index is 11.9. The van der Waals surface area contributed by atoms with Gasteiger partial charge in [0.15, 0.2) is 5.78 Å². The molecule has 14 heavy (non-hydrogen) atoms. The van der Waals surface area contributed by atoms with Crippen molar-refractivity contribution in [1.82, 2.24) is 0 Å². The van der Waals surface area contributed by atoms with Crippen molar-refractivity contribution >= 4 is 11.9 Å². The molecule has 0 aliphatic heterocycles. The van der Waals surface area contributed by atoms with Gasteiger partial charge in [-0.2, -0.15) is 0 Å². The Labute approximate surface area is 83.4 Å². The largest absolute Gasteiger partial charge is 0.294 e. The van der Waals surface area contributed by atoms with Gasteiger partial charge in [0, 0.05) is 0 Å². The van der Waals surface area contributed by atoms with Crippen LogP contribution in [0.25, 0.3) is 6.08 Å². The molecule has 0 bridgehead atoms. The molecule has 0 N–H and O–H groups in total. The van der Waals surface area contributed by atoms with Gasteiger partial charge in [0.1, 0.15) is 0 Å². The third-order valence-corrected chi connectivity index (χ3v) is 3.57. The number of carbonyl (C=O) groups excluding carboxylic acids is 1. The Morgan fingerprint density at radius 2 is 1.86 bits per heavy atom. The van der Waals surface area contributed by atoms with Gasteiger partial charge in [-0.25, -0.2) is 0 Å². The fourth-order valence-electron chi connectivity index (χ4n) is 2.58. The molecule has 0 aromatic heterocycles. The molecule has 0 radical (unpaired) electrons. The number of ketones is 1.